The predicted molar refractivity (Wildman–Crippen MR) is 72.6 cm³/mol. The molecule has 0 spiro atoms. The molecule has 3 heteroatoms. The van der Waals surface area contributed by atoms with E-state index < -0.39 is 0 Å². The number of fused-ring (bicyclic) bond motifs is 1. The van der Waals surface area contributed by atoms with Gasteiger partial charge in [0.15, 0.2) is 0 Å². The third-order valence-electron chi connectivity index (χ3n) is 4.55. The van der Waals surface area contributed by atoms with E-state index in [0.717, 1.165) is 12.5 Å². The third kappa shape index (κ3) is 2.25. The van der Waals surface area contributed by atoms with E-state index in [1.54, 1.807) is 12.1 Å². The molecule has 0 aliphatic carbocycles. The minimum Gasteiger partial charge on any atom is -0.508 e. The summed E-state index contributed by atoms with van der Waals surface area (Å²) in [5, 5.41) is 13.0. The van der Waals surface area contributed by atoms with Crippen LogP contribution in [-0.4, -0.2) is 35.7 Å². The summed E-state index contributed by atoms with van der Waals surface area (Å²) in [6, 6.07) is 8.78. The highest BCUT2D eigenvalue weighted by Crippen LogP contribution is 2.31. The Kier molecular flexibility index (Phi) is 3.27. The summed E-state index contributed by atoms with van der Waals surface area (Å²) in [5.74, 6) is 1.18. The maximum Gasteiger partial charge on any atom is 0.115 e. The molecule has 0 bridgehead atoms. The van der Waals surface area contributed by atoms with Gasteiger partial charge in [0.1, 0.15) is 5.75 Å². The largest absolute Gasteiger partial charge is 0.508 e. The number of phenols is 1. The van der Waals surface area contributed by atoms with Crippen LogP contribution in [0.2, 0.25) is 0 Å². The van der Waals surface area contributed by atoms with Gasteiger partial charge in [-0.3, -0.25) is 4.90 Å². The van der Waals surface area contributed by atoms with Crippen LogP contribution in [0.1, 0.15) is 31.4 Å². The van der Waals surface area contributed by atoms with Crippen LogP contribution in [0.25, 0.3) is 0 Å². The molecule has 3 atom stereocenters. The molecule has 1 unspecified atom stereocenters. The van der Waals surface area contributed by atoms with E-state index in [-0.39, 0.29) is 0 Å². The fourth-order valence-corrected chi connectivity index (χ4v) is 3.36. The van der Waals surface area contributed by atoms with Crippen LogP contribution in [0.3, 0.4) is 0 Å². The zero-order valence-corrected chi connectivity index (χ0v) is 11.0. The summed E-state index contributed by atoms with van der Waals surface area (Å²) in [7, 11) is 0. The number of benzene rings is 1. The summed E-state index contributed by atoms with van der Waals surface area (Å²) in [4.78, 5) is 2.57. The summed E-state index contributed by atoms with van der Waals surface area (Å²) in [6.07, 6.45) is 2.69. The Morgan fingerprint density at radius 1 is 1.28 bits per heavy atom. The minimum atomic E-state index is 0.350. The monoisotopic (exact) mass is 246 g/mol. The molecule has 2 N–H and O–H groups in total. The summed E-state index contributed by atoms with van der Waals surface area (Å²) in [6.45, 7) is 5.82. The van der Waals surface area contributed by atoms with Crippen LogP contribution in [0, 0.1) is 5.92 Å². The molecule has 2 fully saturated rings. The highest BCUT2D eigenvalue weighted by Gasteiger charge is 2.36. The first kappa shape index (κ1) is 12.0. The van der Waals surface area contributed by atoms with E-state index >= 15 is 0 Å². The van der Waals surface area contributed by atoms with Gasteiger partial charge in [0.25, 0.3) is 0 Å². The van der Waals surface area contributed by atoms with Crippen molar-refractivity contribution >= 4 is 0 Å². The second-order valence-electron chi connectivity index (χ2n) is 5.68. The number of hydrogen-bond acceptors (Lipinski definition) is 3. The molecule has 0 aromatic heterocycles. The number of likely N-dealkylation sites (tertiary alicyclic amines) is 1. The Labute approximate surface area is 109 Å². The van der Waals surface area contributed by atoms with Crippen molar-refractivity contribution in [2.75, 3.05) is 19.6 Å². The van der Waals surface area contributed by atoms with Crippen LogP contribution < -0.4 is 5.32 Å². The second-order valence-corrected chi connectivity index (χ2v) is 5.68. The Balaban J connectivity index is 1.70. The van der Waals surface area contributed by atoms with Crippen LogP contribution in [0.15, 0.2) is 24.3 Å². The minimum absolute atomic E-state index is 0.350. The van der Waals surface area contributed by atoms with Crippen molar-refractivity contribution in [2.45, 2.75) is 31.8 Å². The SMILES string of the molecule is CC(c1ccc(O)cc1)N1C[C@@H]2CCCN[C@@H]2C1. The molecule has 0 saturated carbocycles. The van der Waals surface area contributed by atoms with Crippen molar-refractivity contribution in [2.24, 2.45) is 5.92 Å². The van der Waals surface area contributed by atoms with Gasteiger partial charge in [-0.2, -0.15) is 0 Å². The molecule has 1 aromatic carbocycles. The van der Waals surface area contributed by atoms with E-state index in [1.807, 2.05) is 12.1 Å². The lowest BCUT2D eigenvalue weighted by Gasteiger charge is -2.25. The highest BCUT2D eigenvalue weighted by atomic mass is 16.3. The molecular weight excluding hydrogens is 224 g/mol. The molecule has 1 aromatic rings. The van der Waals surface area contributed by atoms with Gasteiger partial charge in [-0.15, -0.1) is 0 Å². The lowest BCUT2D eigenvalue weighted by Crippen LogP contribution is -2.40. The van der Waals surface area contributed by atoms with Gasteiger partial charge in [-0.1, -0.05) is 12.1 Å². The van der Waals surface area contributed by atoms with Crippen LogP contribution >= 0.6 is 0 Å². The van der Waals surface area contributed by atoms with Crippen molar-refractivity contribution in [3.05, 3.63) is 29.8 Å². The first-order valence-corrected chi connectivity index (χ1v) is 7.00. The highest BCUT2D eigenvalue weighted by molar-refractivity contribution is 5.28. The molecule has 2 aliphatic heterocycles. The number of piperidine rings is 1. The van der Waals surface area contributed by atoms with E-state index in [9.17, 15) is 5.11 Å². The smallest absolute Gasteiger partial charge is 0.115 e. The summed E-state index contributed by atoms with van der Waals surface area (Å²) in [5.41, 5.74) is 1.30. The molecule has 2 aliphatic rings. The van der Waals surface area contributed by atoms with Crippen LogP contribution in [-0.2, 0) is 0 Å². The van der Waals surface area contributed by atoms with Crippen molar-refractivity contribution < 1.29 is 5.11 Å². The van der Waals surface area contributed by atoms with Gasteiger partial charge in [0.2, 0.25) is 0 Å². The number of nitrogens with zero attached hydrogens (tertiary/aromatic N) is 1. The normalized spacial score (nSPS) is 30.1. The van der Waals surface area contributed by atoms with Gasteiger partial charge < -0.3 is 10.4 Å². The van der Waals surface area contributed by atoms with Crippen LogP contribution in [0.5, 0.6) is 5.75 Å². The van der Waals surface area contributed by atoms with Gasteiger partial charge in [0, 0.05) is 25.2 Å². The van der Waals surface area contributed by atoms with Gasteiger partial charge >= 0.3 is 0 Å². The number of aromatic hydroxyl groups is 1. The molecule has 3 nitrogen and oxygen atoms in total. The lowest BCUT2D eigenvalue weighted by molar-refractivity contribution is 0.250. The molecule has 18 heavy (non-hydrogen) atoms. The van der Waals surface area contributed by atoms with E-state index in [4.69, 9.17) is 0 Å². The third-order valence-corrected chi connectivity index (χ3v) is 4.55. The maximum atomic E-state index is 9.35. The maximum absolute atomic E-state index is 9.35. The van der Waals surface area contributed by atoms with E-state index in [0.29, 0.717) is 17.8 Å². The zero-order valence-electron chi connectivity index (χ0n) is 11.0. The first-order valence-electron chi connectivity index (χ1n) is 7.00. The molecule has 98 valence electrons. The first-order chi connectivity index (χ1) is 8.74. The molecule has 2 saturated heterocycles. The Morgan fingerprint density at radius 2 is 2.06 bits per heavy atom. The van der Waals surface area contributed by atoms with Gasteiger partial charge in [-0.25, -0.2) is 0 Å². The average molecular weight is 246 g/mol. The Morgan fingerprint density at radius 3 is 2.78 bits per heavy atom. The molecule has 0 radical (unpaired) electrons. The number of rotatable bonds is 2. The van der Waals surface area contributed by atoms with Crippen molar-refractivity contribution in [3.63, 3.8) is 0 Å². The molecule has 3 rings (SSSR count). The number of hydrogen-bond donors (Lipinski definition) is 2. The number of nitrogens with one attached hydrogen (secondary N) is 1. The summed E-state index contributed by atoms with van der Waals surface area (Å²) >= 11 is 0. The lowest BCUT2D eigenvalue weighted by atomic mass is 9.94. The van der Waals surface area contributed by atoms with E-state index in [1.165, 1.54) is 31.5 Å². The van der Waals surface area contributed by atoms with Gasteiger partial charge in [-0.05, 0) is 49.9 Å². The molecule has 2 heterocycles. The topological polar surface area (TPSA) is 35.5 Å². The van der Waals surface area contributed by atoms with Crippen molar-refractivity contribution in [3.8, 4) is 5.75 Å². The Bertz CT molecular complexity index is 389. The van der Waals surface area contributed by atoms with Crippen molar-refractivity contribution in [1.82, 2.24) is 10.2 Å². The standard InChI is InChI=1S/C15H22N2O/c1-11(12-4-6-14(18)7-5-12)17-9-13-3-2-8-16-15(13)10-17/h4-7,11,13,15-16,18H,2-3,8-10H2,1H3/t11?,13-,15+/m0/s1. The van der Waals surface area contributed by atoms with Crippen molar-refractivity contribution in [1.29, 1.82) is 0 Å². The fraction of sp³-hybridized carbons (Fsp3) is 0.600. The second kappa shape index (κ2) is 4.90. The fourth-order valence-electron chi connectivity index (χ4n) is 3.36. The Hall–Kier alpha value is -1.06. The average Bonchev–Trinajstić information content (AvgIpc) is 2.82. The molecular formula is C15H22N2O. The van der Waals surface area contributed by atoms with Gasteiger partial charge in [0.05, 0.1) is 0 Å². The zero-order chi connectivity index (χ0) is 12.5. The molecule has 0 amide bonds. The quantitative estimate of drug-likeness (QED) is 0.839. The van der Waals surface area contributed by atoms with E-state index in [2.05, 4.69) is 17.1 Å². The van der Waals surface area contributed by atoms with Crippen LogP contribution in [0.4, 0.5) is 0 Å². The number of phenolic OH excluding ortho intramolecular Hbond substituents is 1. The summed E-state index contributed by atoms with van der Waals surface area (Å²) < 4.78 is 0. The predicted octanol–water partition coefficient (Wildman–Crippen LogP) is 2.14.